The third-order valence-electron chi connectivity index (χ3n) is 5.40. The highest BCUT2D eigenvalue weighted by molar-refractivity contribution is 5.98. The Morgan fingerprint density at radius 1 is 1.19 bits per heavy atom. The minimum absolute atomic E-state index is 0.131. The third kappa shape index (κ3) is 4.44. The number of benzene rings is 2. The molecule has 1 aromatic heterocycles. The average molecular weight is 430 g/mol. The number of nitrogens with zero attached hydrogens (tertiary/aromatic N) is 2. The number of fused-ring (bicyclic) bond motifs is 1. The molecule has 2 N–H and O–H groups in total. The lowest BCUT2D eigenvalue weighted by molar-refractivity contribution is -0.108. The lowest BCUT2D eigenvalue weighted by Gasteiger charge is -2.25. The number of imide groups is 1. The van der Waals surface area contributed by atoms with Gasteiger partial charge in [0.2, 0.25) is 6.41 Å². The number of methoxy groups -OCH3 is 1. The minimum atomic E-state index is -0.632. The molecule has 0 unspecified atom stereocenters. The number of aromatic nitrogens is 1. The van der Waals surface area contributed by atoms with Gasteiger partial charge in [-0.05, 0) is 40.5 Å². The van der Waals surface area contributed by atoms with Crippen molar-refractivity contribution in [2.75, 3.05) is 13.7 Å². The molecular weight excluding hydrogens is 408 g/mol. The SMILES string of the molecule is COc1ccc2c(c1)C(=O)N(C[C@H](NC(=O)NC=O)c1ccc(-c3cccnc3)cc1)C2. The molecule has 4 rings (SSSR count). The van der Waals surface area contributed by atoms with E-state index in [1.165, 1.54) is 0 Å². The van der Waals surface area contributed by atoms with E-state index in [4.69, 9.17) is 4.74 Å². The maximum absolute atomic E-state index is 13.0. The van der Waals surface area contributed by atoms with E-state index in [1.807, 2.05) is 48.5 Å². The quantitative estimate of drug-likeness (QED) is 0.562. The molecule has 0 aliphatic carbocycles. The van der Waals surface area contributed by atoms with E-state index < -0.39 is 12.1 Å². The van der Waals surface area contributed by atoms with Crippen LogP contribution >= 0.6 is 0 Å². The molecule has 2 heterocycles. The molecular formula is C24H22N4O4. The summed E-state index contributed by atoms with van der Waals surface area (Å²) in [6, 6.07) is 15.7. The Morgan fingerprint density at radius 2 is 2.00 bits per heavy atom. The van der Waals surface area contributed by atoms with Gasteiger partial charge < -0.3 is 15.0 Å². The Hall–Kier alpha value is -4.20. The highest BCUT2D eigenvalue weighted by atomic mass is 16.5. The first-order valence-electron chi connectivity index (χ1n) is 10.1. The van der Waals surface area contributed by atoms with E-state index in [9.17, 15) is 14.4 Å². The summed E-state index contributed by atoms with van der Waals surface area (Å²) in [6.07, 6.45) is 3.81. The lowest BCUT2D eigenvalue weighted by Crippen LogP contribution is -2.42. The van der Waals surface area contributed by atoms with Crippen LogP contribution in [0.25, 0.3) is 11.1 Å². The van der Waals surface area contributed by atoms with Gasteiger partial charge in [0.15, 0.2) is 0 Å². The number of rotatable bonds is 7. The fourth-order valence-corrected chi connectivity index (χ4v) is 3.76. The molecule has 0 fully saturated rings. The van der Waals surface area contributed by atoms with Crippen molar-refractivity contribution in [3.63, 3.8) is 0 Å². The van der Waals surface area contributed by atoms with Crippen LogP contribution in [0.3, 0.4) is 0 Å². The van der Waals surface area contributed by atoms with Gasteiger partial charge in [0.25, 0.3) is 5.91 Å². The van der Waals surface area contributed by atoms with Gasteiger partial charge in [-0.2, -0.15) is 0 Å². The van der Waals surface area contributed by atoms with E-state index in [0.717, 1.165) is 22.3 Å². The predicted octanol–water partition coefficient (Wildman–Crippen LogP) is 2.91. The van der Waals surface area contributed by atoms with E-state index >= 15 is 0 Å². The number of hydrogen-bond donors (Lipinski definition) is 2. The number of carbonyl (C=O) groups excluding carboxylic acids is 3. The highest BCUT2D eigenvalue weighted by Gasteiger charge is 2.30. The Labute approximate surface area is 185 Å². The van der Waals surface area contributed by atoms with Gasteiger partial charge in [-0.25, -0.2) is 4.79 Å². The monoisotopic (exact) mass is 430 g/mol. The van der Waals surface area contributed by atoms with Crippen molar-refractivity contribution < 1.29 is 19.1 Å². The Morgan fingerprint density at radius 3 is 2.69 bits per heavy atom. The van der Waals surface area contributed by atoms with E-state index in [1.54, 1.807) is 30.5 Å². The number of nitrogens with one attached hydrogen (secondary N) is 2. The molecule has 8 nitrogen and oxygen atoms in total. The molecule has 0 bridgehead atoms. The molecule has 0 radical (unpaired) electrons. The van der Waals surface area contributed by atoms with Crippen LogP contribution in [0.15, 0.2) is 67.0 Å². The minimum Gasteiger partial charge on any atom is -0.497 e. The number of pyridine rings is 1. The molecule has 162 valence electrons. The van der Waals surface area contributed by atoms with Crippen LogP contribution in [0.4, 0.5) is 4.79 Å². The number of urea groups is 1. The normalized spacial score (nSPS) is 13.3. The van der Waals surface area contributed by atoms with Crippen LogP contribution < -0.4 is 15.4 Å². The zero-order valence-corrected chi connectivity index (χ0v) is 17.4. The number of carbonyl (C=O) groups is 3. The fourth-order valence-electron chi connectivity index (χ4n) is 3.76. The maximum Gasteiger partial charge on any atom is 0.321 e. The van der Waals surface area contributed by atoms with Gasteiger partial charge in [-0.3, -0.25) is 19.9 Å². The summed E-state index contributed by atoms with van der Waals surface area (Å²) in [6.45, 7) is 0.674. The van der Waals surface area contributed by atoms with E-state index in [0.29, 0.717) is 24.3 Å². The summed E-state index contributed by atoms with van der Waals surface area (Å²) in [5.41, 5.74) is 4.25. The second-order valence-electron chi connectivity index (χ2n) is 7.36. The zero-order valence-electron chi connectivity index (χ0n) is 17.4. The predicted molar refractivity (Wildman–Crippen MR) is 118 cm³/mol. The fraction of sp³-hybridized carbons (Fsp3) is 0.167. The number of hydrogen-bond acceptors (Lipinski definition) is 5. The Kier molecular flexibility index (Phi) is 6.12. The van der Waals surface area contributed by atoms with Crippen molar-refractivity contribution in [2.45, 2.75) is 12.6 Å². The van der Waals surface area contributed by atoms with Crippen LogP contribution in [-0.2, 0) is 11.3 Å². The molecule has 1 aliphatic rings. The topological polar surface area (TPSA) is 101 Å². The van der Waals surface area contributed by atoms with Crippen molar-refractivity contribution in [3.8, 4) is 16.9 Å². The van der Waals surface area contributed by atoms with E-state index in [-0.39, 0.29) is 12.5 Å². The Bertz CT molecular complexity index is 1130. The number of ether oxygens (including phenoxy) is 1. The molecule has 0 saturated heterocycles. The highest BCUT2D eigenvalue weighted by Crippen LogP contribution is 2.29. The molecule has 1 atom stereocenters. The van der Waals surface area contributed by atoms with E-state index in [2.05, 4.69) is 15.6 Å². The summed E-state index contributed by atoms with van der Waals surface area (Å²) in [7, 11) is 1.56. The van der Waals surface area contributed by atoms with Crippen LogP contribution in [0.2, 0.25) is 0 Å². The van der Waals surface area contributed by atoms with Gasteiger partial charge in [-0.1, -0.05) is 36.4 Å². The van der Waals surface area contributed by atoms with Gasteiger partial charge in [-0.15, -0.1) is 0 Å². The molecule has 2 aromatic carbocycles. The molecule has 32 heavy (non-hydrogen) atoms. The molecule has 4 amide bonds. The number of amides is 4. The van der Waals surface area contributed by atoms with Crippen molar-refractivity contribution >= 4 is 18.3 Å². The van der Waals surface area contributed by atoms with Crippen LogP contribution in [0.1, 0.15) is 27.5 Å². The van der Waals surface area contributed by atoms with Crippen molar-refractivity contribution in [2.24, 2.45) is 0 Å². The average Bonchev–Trinajstić information content (AvgIpc) is 3.14. The van der Waals surface area contributed by atoms with Crippen LogP contribution in [0.5, 0.6) is 5.75 Å². The summed E-state index contributed by atoms with van der Waals surface area (Å²) >= 11 is 0. The summed E-state index contributed by atoms with van der Waals surface area (Å²) in [5.74, 6) is 0.485. The van der Waals surface area contributed by atoms with Crippen LogP contribution in [-0.4, -0.2) is 41.9 Å². The molecule has 1 aliphatic heterocycles. The summed E-state index contributed by atoms with van der Waals surface area (Å²) in [5, 5.41) is 4.87. The first-order valence-corrected chi connectivity index (χ1v) is 10.1. The zero-order chi connectivity index (χ0) is 22.5. The van der Waals surface area contributed by atoms with Crippen molar-refractivity contribution in [1.82, 2.24) is 20.5 Å². The second kappa shape index (κ2) is 9.30. The second-order valence-corrected chi connectivity index (χ2v) is 7.36. The first-order chi connectivity index (χ1) is 15.6. The van der Waals surface area contributed by atoms with Gasteiger partial charge in [0.1, 0.15) is 5.75 Å². The standard InChI is InChI=1S/C24H22N4O4/c1-32-20-9-8-19-13-28(23(30)21(19)11-20)14-22(27-24(31)26-15-29)17-6-4-16(5-7-17)18-3-2-10-25-12-18/h2-12,15,22H,13-14H2,1H3,(H2,26,27,29,31)/t22-/m0/s1. The molecule has 8 heteroatoms. The smallest absolute Gasteiger partial charge is 0.321 e. The van der Waals surface area contributed by atoms with Gasteiger partial charge in [0.05, 0.1) is 13.2 Å². The summed E-state index contributed by atoms with van der Waals surface area (Å²) < 4.78 is 5.23. The van der Waals surface area contributed by atoms with Crippen molar-refractivity contribution in [1.29, 1.82) is 0 Å². The maximum atomic E-state index is 13.0. The molecule has 0 saturated carbocycles. The molecule has 3 aromatic rings. The first kappa shape index (κ1) is 21.0. The summed E-state index contributed by atoms with van der Waals surface area (Å²) in [4.78, 5) is 41.5. The third-order valence-corrected chi connectivity index (χ3v) is 5.40. The largest absolute Gasteiger partial charge is 0.497 e. The van der Waals surface area contributed by atoms with Crippen molar-refractivity contribution in [3.05, 3.63) is 83.7 Å². The lowest BCUT2D eigenvalue weighted by atomic mass is 10.0. The van der Waals surface area contributed by atoms with Gasteiger partial charge in [0, 0.05) is 31.0 Å². The Balaban J connectivity index is 1.56. The van der Waals surface area contributed by atoms with Gasteiger partial charge >= 0.3 is 6.03 Å². The van der Waals surface area contributed by atoms with Crippen LogP contribution in [0, 0.1) is 0 Å². The molecule has 0 spiro atoms.